The van der Waals surface area contributed by atoms with Gasteiger partial charge in [-0.05, 0) is 13.0 Å². The van der Waals surface area contributed by atoms with Crippen molar-refractivity contribution in [2.45, 2.75) is 13.3 Å². The number of carbonyl (C=O) groups is 2. The zero-order valence-corrected chi connectivity index (χ0v) is 12.7. The highest BCUT2D eigenvalue weighted by molar-refractivity contribution is 5.92. The maximum atomic E-state index is 11.2. The van der Waals surface area contributed by atoms with Crippen LogP contribution in [0.4, 0.5) is 0 Å². The van der Waals surface area contributed by atoms with E-state index in [1.807, 2.05) is 14.1 Å². The van der Waals surface area contributed by atoms with E-state index >= 15 is 0 Å². The van der Waals surface area contributed by atoms with E-state index in [4.69, 9.17) is 0 Å². The van der Waals surface area contributed by atoms with Crippen molar-refractivity contribution in [1.82, 2.24) is 10.6 Å². The lowest BCUT2D eigenvalue weighted by Crippen LogP contribution is -3.00. The Morgan fingerprint density at radius 3 is 2.32 bits per heavy atom. The second-order valence-electron chi connectivity index (χ2n) is 4.95. The van der Waals surface area contributed by atoms with Crippen LogP contribution in [0, 0.1) is 0 Å². The van der Waals surface area contributed by atoms with Crippen LogP contribution in [0.5, 0.6) is 0 Å². The molecule has 0 heterocycles. The smallest absolute Gasteiger partial charge is 0.247 e. The fourth-order valence-corrected chi connectivity index (χ4v) is 1.30. The molecule has 0 rings (SSSR count). The minimum Gasteiger partial charge on any atom is -1.00 e. The number of hydrogen-bond donors (Lipinski definition) is 2. The average molecular weight is 290 g/mol. The molecule has 0 aromatic carbocycles. The summed E-state index contributed by atoms with van der Waals surface area (Å²) in [5.41, 5.74) is 0.516. The summed E-state index contributed by atoms with van der Waals surface area (Å²) in [7, 11) is 4.04. The van der Waals surface area contributed by atoms with Crippen molar-refractivity contribution in [3.05, 3.63) is 24.8 Å². The zero-order chi connectivity index (χ0) is 14.2. The summed E-state index contributed by atoms with van der Waals surface area (Å²) in [4.78, 5) is 22.3. The number of nitrogens with one attached hydrogen (secondary N) is 2. The molecule has 0 aliphatic carbocycles. The van der Waals surface area contributed by atoms with Gasteiger partial charge in [0, 0.05) is 18.5 Å². The summed E-state index contributed by atoms with van der Waals surface area (Å²) in [6.45, 7) is 10.7. The predicted octanol–water partition coefficient (Wildman–Crippen LogP) is -2.59. The number of amides is 2. The quantitative estimate of drug-likeness (QED) is 0.223. The topological polar surface area (TPSA) is 58.2 Å². The van der Waals surface area contributed by atoms with E-state index in [9.17, 15) is 9.59 Å². The molecule has 0 radical (unpaired) electrons. The van der Waals surface area contributed by atoms with Crippen molar-refractivity contribution in [2.24, 2.45) is 0 Å². The Balaban J connectivity index is 0. The molecule has 2 N–H and O–H groups in total. The standard InChI is InChI=1S/C13H23N3O2.ClH/c1-6-12(17)15-10-16(4,5)9-7-8-14-13(18)11(2)3;/h6H,1-2,7-10H2,3-5H3,(H-,14,15,17,18);1H. The molecule has 110 valence electrons. The van der Waals surface area contributed by atoms with Crippen LogP contribution in [0.3, 0.4) is 0 Å². The molecule has 0 unspecified atom stereocenters. The van der Waals surface area contributed by atoms with Crippen LogP contribution in [0.15, 0.2) is 24.8 Å². The maximum absolute atomic E-state index is 11.2. The van der Waals surface area contributed by atoms with Crippen molar-refractivity contribution in [2.75, 3.05) is 33.9 Å². The summed E-state index contributed by atoms with van der Waals surface area (Å²) >= 11 is 0. The van der Waals surface area contributed by atoms with Gasteiger partial charge in [0.25, 0.3) is 0 Å². The summed E-state index contributed by atoms with van der Waals surface area (Å²) < 4.78 is 0.655. The molecule has 19 heavy (non-hydrogen) atoms. The van der Waals surface area contributed by atoms with Gasteiger partial charge in [-0.25, -0.2) is 0 Å². The van der Waals surface area contributed by atoms with Crippen LogP contribution >= 0.6 is 0 Å². The minimum absolute atomic E-state index is 0. The number of quaternary nitrogens is 1. The average Bonchev–Trinajstić information content (AvgIpc) is 2.31. The van der Waals surface area contributed by atoms with Gasteiger partial charge in [-0.1, -0.05) is 13.2 Å². The van der Waals surface area contributed by atoms with Crippen molar-refractivity contribution < 1.29 is 26.5 Å². The van der Waals surface area contributed by atoms with Gasteiger partial charge in [0.05, 0.1) is 20.6 Å². The minimum atomic E-state index is -0.170. The highest BCUT2D eigenvalue weighted by Crippen LogP contribution is 1.97. The lowest BCUT2D eigenvalue weighted by atomic mass is 10.3. The lowest BCUT2D eigenvalue weighted by Gasteiger charge is -2.29. The monoisotopic (exact) mass is 289 g/mol. The van der Waals surface area contributed by atoms with Gasteiger partial charge in [-0.3, -0.25) is 9.59 Å². The highest BCUT2D eigenvalue weighted by atomic mass is 35.5. The second kappa shape index (κ2) is 9.58. The third-order valence-electron chi connectivity index (χ3n) is 2.48. The van der Waals surface area contributed by atoms with E-state index in [1.54, 1.807) is 6.92 Å². The molecule has 6 heteroatoms. The molecular weight excluding hydrogens is 266 g/mol. The fourth-order valence-electron chi connectivity index (χ4n) is 1.30. The zero-order valence-electron chi connectivity index (χ0n) is 12.0. The molecule has 0 atom stereocenters. The third-order valence-corrected chi connectivity index (χ3v) is 2.48. The van der Waals surface area contributed by atoms with Crippen molar-refractivity contribution in [3.8, 4) is 0 Å². The second-order valence-corrected chi connectivity index (χ2v) is 4.95. The Morgan fingerprint density at radius 1 is 1.26 bits per heavy atom. The molecule has 0 aromatic rings. The molecule has 0 saturated carbocycles. The number of hydrogen-bond acceptors (Lipinski definition) is 2. The Hall–Kier alpha value is -1.33. The number of halogens is 1. The molecule has 2 amide bonds. The molecule has 0 bridgehead atoms. The molecule has 0 aliphatic rings. The predicted molar refractivity (Wildman–Crippen MR) is 72.6 cm³/mol. The van der Waals surface area contributed by atoms with Crippen LogP contribution in [-0.4, -0.2) is 50.2 Å². The largest absolute Gasteiger partial charge is 1.00 e. The number of nitrogens with zero attached hydrogens (tertiary/aromatic N) is 1. The van der Waals surface area contributed by atoms with Gasteiger partial charge in [-0.15, -0.1) is 0 Å². The van der Waals surface area contributed by atoms with Gasteiger partial charge in [0.2, 0.25) is 11.8 Å². The van der Waals surface area contributed by atoms with E-state index in [0.717, 1.165) is 13.0 Å². The summed E-state index contributed by atoms with van der Waals surface area (Å²) in [6.07, 6.45) is 2.10. The third kappa shape index (κ3) is 10.3. The first-order valence-corrected chi connectivity index (χ1v) is 5.94. The van der Waals surface area contributed by atoms with E-state index < -0.39 is 0 Å². The van der Waals surface area contributed by atoms with E-state index in [2.05, 4.69) is 23.8 Å². The van der Waals surface area contributed by atoms with Crippen LogP contribution in [0.1, 0.15) is 13.3 Å². The molecular formula is C13H24ClN3O2. The van der Waals surface area contributed by atoms with E-state index in [0.29, 0.717) is 23.3 Å². The van der Waals surface area contributed by atoms with Crippen LogP contribution in [-0.2, 0) is 9.59 Å². The molecule has 0 aromatic heterocycles. The molecule has 0 fully saturated rings. The number of carbonyl (C=O) groups excluding carboxylic acids is 2. The van der Waals surface area contributed by atoms with Gasteiger partial charge >= 0.3 is 0 Å². The van der Waals surface area contributed by atoms with Crippen molar-refractivity contribution in [3.63, 3.8) is 0 Å². The SMILES string of the molecule is C=CC(=O)NC[N+](C)(C)CCCNC(=O)C(=C)C.[Cl-]. The normalized spacial score (nSPS) is 10.1. The maximum Gasteiger partial charge on any atom is 0.247 e. The Bertz CT molecular complexity index is 341. The number of rotatable bonds is 8. The van der Waals surface area contributed by atoms with Gasteiger partial charge in [-0.2, -0.15) is 0 Å². The molecule has 0 saturated heterocycles. The molecule has 0 spiro atoms. The first kappa shape index (κ1) is 20.0. The van der Waals surface area contributed by atoms with E-state index in [-0.39, 0.29) is 24.2 Å². The Kier molecular flexibility index (Phi) is 10.1. The van der Waals surface area contributed by atoms with Crippen LogP contribution in [0.2, 0.25) is 0 Å². The summed E-state index contributed by atoms with van der Waals surface area (Å²) in [5.74, 6) is -0.281. The van der Waals surface area contributed by atoms with Crippen molar-refractivity contribution >= 4 is 11.8 Å². The van der Waals surface area contributed by atoms with Crippen LogP contribution in [0.25, 0.3) is 0 Å². The van der Waals surface area contributed by atoms with E-state index in [1.165, 1.54) is 6.08 Å². The summed E-state index contributed by atoms with van der Waals surface area (Å²) in [6, 6.07) is 0. The van der Waals surface area contributed by atoms with Gasteiger partial charge in [0.1, 0.15) is 0 Å². The van der Waals surface area contributed by atoms with Crippen LogP contribution < -0.4 is 23.0 Å². The van der Waals surface area contributed by atoms with Gasteiger partial charge < -0.3 is 27.5 Å². The Morgan fingerprint density at radius 2 is 1.84 bits per heavy atom. The highest BCUT2D eigenvalue weighted by Gasteiger charge is 2.14. The molecule has 0 aliphatic heterocycles. The Labute approximate surface area is 121 Å². The lowest BCUT2D eigenvalue weighted by molar-refractivity contribution is -0.892. The first-order valence-electron chi connectivity index (χ1n) is 5.94. The fraction of sp³-hybridized carbons (Fsp3) is 0.538. The first-order chi connectivity index (χ1) is 8.28. The van der Waals surface area contributed by atoms with Gasteiger partial charge in [0.15, 0.2) is 6.67 Å². The molecule has 5 nitrogen and oxygen atoms in total. The summed E-state index contributed by atoms with van der Waals surface area (Å²) in [5, 5.41) is 5.53. The van der Waals surface area contributed by atoms with Crippen molar-refractivity contribution in [1.29, 1.82) is 0 Å².